The first-order valence-corrected chi connectivity index (χ1v) is 19.0. The minimum atomic E-state index is -4.73. The third kappa shape index (κ3) is 7.62. The maximum Gasteiger partial charge on any atom is 0.421 e. The molecule has 0 radical (unpaired) electrons. The van der Waals surface area contributed by atoms with Gasteiger partial charge in [0.2, 0.25) is 5.89 Å². The number of benzene rings is 2. The van der Waals surface area contributed by atoms with Gasteiger partial charge in [0.05, 0.1) is 12.0 Å². The van der Waals surface area contributed by atoms with Crippen LogP contribution in [0.1, 0.15) is 35.1 Å². The van der Waals surface area contributed by atoms with E-state index in [4.69, 9.17) is 9.40 Å². The molecular weight excluding hydrogens is 738 g/mol. The van der Waals surface area contributed by atoms with Crippen LogP contribution in [0.4, 0.5) is 24.7 Å². The Balaban J connectivity index is 1.10. The number of hydrogen-bond acceptors (Lipinski definition) is 10. The van der Waals surface area contributed by atoms with Crippen LogP contribution in [0.3, 0.4) is 0 Å². The molecule has 0 unspecified atom stereocenters. The number of alkyl halides is 3. The van der Waals surface area contributed by atoms with Gasteiger partial charge in [0.1, 0.15) is 11.1 Å². The van der Waals surface area contributed by atoms with Crippen molar-refractivity contribution in [1.29, 1.82) is 0 Å². The summed E-state index contributed by atoms with van der Waals surface area (Å²) in [5, 5.41) is 23.8. The van der Waals surface area contributed by atoms with E-state index in [2.05, 4.69) is 31.2 Å². The number of hydrogen-bond donors (Lipinski definition) is 3. The highest BCUT2D eigenvalue weighted by atomic mass is 19.4. The zero-order chi connectivity index (χ0) is 40.0. The van der Waals surface area contributed by atoms with Crippen molar-refractivity contribution in [2.75, 3.05) is 45.1 Å². The first-order chi connectivity index (χ1) is 27.4. The topological polar surface area (TPSA) is 145 Å². The van der Waals surface area contributed by atoms with Crippen LogP contribution in [0.15, 0.2) is 76.5 Å². The Labute approximate surface area is 326 Å². The Morgan fingerprint density at radius 2 is 1.72 bits per heavy atom. The minimum Gasteiger partial charge on any atom is -0.481 e. The fraction of sp³-hybridized carbons (Fsp3) is 0.357. The second-order valence-corrected chi connectivity index (χ2v) is 14.9. The lowest BCUT2D eigenvalue weighted by Crippen LogP contribution is -2.31. The molecule has 0 spiro atoms. The molecule has 0 amide bonds. The Kier molecular flexibility index (Phi) is 10.3. The number of aliphatic hydroxyl groups excluding tert-OH is 1. The maximum absolute atomic E-state index is 14.6. The number of nitrogens with zero attached hydrogens (tertiary/aromatic N) is 7. The summed E-state index contributed by atoms with van der Waals surface area (Å²) in [6.07, 6.45) is 0.857. The van der Waals surface area contributed by atoms with E-state index in [0.29, 0.717) is 50.5 Å². The van der Waals surface area contributed by atoms with Gasteiger partial charge in [0.25, 0.3) is 0 Å². The van der Waals surface area contributed by atoms with E-state index in [1.165, 1.54) is 11.6 Å². The summed E-state index contributed by atoms with van der Waals surface area (Å²) in [5.74, 6) is -0.717. The number of carboxylic acid groups (broad SMARTS) is 1. The molecule has 6 heterocycles. The van der Waals surface area contributed by atoms with Gasteiger partial charge in [0.15, 0.2) is 22.4 Å². The van der Waals surface area contributed by atoms with Crippen LogP contribution in [-0.4, -0.2) is 91.4 Å². The number of β-amino-alcohol motifs (C(OH)–C–C–N with tert-alkyl or cyclic N) is 1. The van der Waals surface area contributed by atoms with Crippen LogP contribution in [0, 0.1) is 19.8 Å². The molecule has 2 atom stereocenters. The number of carbonyl (C=O) groups is 1. The van der Waals surface area contributed by atoms with E-state index >= 15 is 0 Å². The summed E-state index contributed by atoms with van der Waals surface area (Å²) in [7, 11) is 1.50. The molecule has 15 heteroatoms. The largest absolute Gasteiger partial charge is 0.481 e. The van der Waals surface area contributed by atoms with Gasteiger partial charge in [0, 0.05) is 81.5 Å². The van der Waals surface area contributed by atoms with Crippen molar-refractivity contribution in [2.24, 2.45) is 10.9 Å². The number of aliphatic carboxylic acids is 1. The van der Waals surface area contributed by atoms with Crippen molar-refractivity contribution in [3.63, 3.8) is 0 Å². The average Bonchev–Trinajstić information content (AvgIpc) is 3.94. The van der Waals surface area contributed by atoms with Crippen molar-refractivity contribution >= 4 is 39.5 Å². The highest BCUT2D eigenvalue weighted by molar-refractivity contribution is 5.91. The third-order valence-electron chi connectivity index (χ3n) is 11.2. The SMILES string of the molecule is CN=c1c2nc(-c3cccc(-c4cccc(Nc5nccc6cc(CN7CC[C@@H](O)C7)cnc56)c4C)c3C)oc2c(C(F)(F)F)cn1CCN1CC[C@@H](C(=O)O)C1. The molecule has 12 nitrogen and oxygen atoms in total. The number of rotatable bonds is 10. The molecule has 2 fully saturated rings. The normalized spacial score (nSPS) is 18.3. The maximum atomic E-state index is 14.6. The Morgan fingerprint density at radius 1 is 0.965 bits per heavy atom. The number of likely N-dealkylation sites (tertiary alicyclic amines) is 2. The fourth-order valence-corrected chi connectivity index (χ4v) is 8.12. The van der Waals surface area contributed by atoms with E-state index in [1.807, 2.05) is 61.3 Å². The molecular formula is C42H43F3N8O4. The number of oxazole rings is 1. The molecule has 2 aromatic carbocycles. The summed E-state index contributed by atoms with van der Waals surface area (Å²) >= 11 is 0. The van der Waals surface area contributed by atoms with Gasteiger partial charge in [-0.2, -0.15) is 13.2 Å². The lowest BCUT2D eigenvalue weighted by Gasteiger charge is -2.18. The second kappa shape index (κ2) is 15.4. The highest BCUT2D eigenvalue weighted by Crippen LogP contribution is 2.39. The Bertz CT molecular complexity index is 2570. The van der Waals surface area contributed by atoms with Crippen LogP contribution in [0.2, 0.25) is 0 Å². The minimum absolute atomic E-state index is 0.00231. The zero-order valence-electron chi connectivity index (χ0n) is 31.8. The molecule has 57 heavy (non-hydrogen) atoms. The molecule has 2 saturated heterocycles. The van der Waals surface area contributed by atoms with Gasteiger partial charge in [-0.3, -0.25) is 19.7 Å². The zero-order valence-corrected chi connectivity index (χ0v) is 31.8. The standard InChI is InChI=1S/C42H43F3N8O4/c1-24-30(31-7-5-9-34(25(31)2)49-38-35-27(10-13-47-38)18-26(19-48-35)20-52-15-12-29(54)22-52)6-4-8-32(24)40-50-36-37(57-40)33(42(43,44)45)23-53(39(36)46-3)17-16-51-14-11-28(21-51)41(55)56/h4-10,13,18-19,23,28-29,54H,11-12,14-17,20-22H2,1-3H3,(H,47,49)(H,55,56)/t28-,29-/m1/s1. The van der Waals surface area contributed by atoms with Crippen LogP contribution >= 0.6 is 0 Å². The summed E-state index contributed by atoms with van der Waals surface area (Å²) in [5.41, 5.74) is 5.48. The van der Waals surface area contributed by atoms with E-state index in [-0.39, 0.29) is 29.5 Å². The van der Waals surface area contributed by atoms with Crippen molar-refractivity contribution in [3.8, 4) is 22.6 Å². The summed E-state index contributed by atoms with van der Waals surface area (Å²) in [4.78, 5) is 34.0. The smallest absolute Gasteiger partial charge is 0.421 e. The monoisotopic (exact) mass is 780 g/mol. The number of aliphatic hydroxyl groups is 1. The van der Waals surface area contributed by atoms with E-state index < -0.39 is 29.2 Å². The summed E-state index contributed by atoms with van der Waals surface area (Å²) in [6.45, 7) is 7.53. The van der Waals surface area contributed by atoms with Crippen LogP contribution < -0.4 is 10.8 Å². The van der Waals surface area contributed by atoms with Gasteiger partial charge >= 0.3 is 12.1 Å². The van der Waals surface area contributed by atoms with Gasteiger partial charge < -0.3 is 29.4 Å². The molecule has 4 aromatic heterocycles. The molecule has 0 saturated carbocycles. The Hall–Kier alpha value is -5.64. The molecule has 0 bridgehead atoms. The number of fused-ring (bicyclic) bond motifs is 2. The third-order valence-corrected chi connectivity index (χ3v) is 11.2. The number of nitrogens with one attached hydrogen (secondary N) is 1. The number of anilines is 2. The quantitative estimate of drug-likeness (QED) is 0.136. The van der Waals surface area contributed by atoms with Crippen LogP contribution in [-0.2, 0) is 24.1 Å². The molecule has 2 aliphatic rings. The van der Waals surface area contributed by atoms with Crippen molar-refractivity contribution < 1.29 is 32.6 Å². The van der Waals surface area contributed by atoms with Crippen molar-refractivity contribution in [2.45, 2.75) is 52.1 Å². The molecule has 2 aliphatic heterocycles. The number of aromatic nitrogens is 4. The molecule has 296 valence electrons. The van der Waals surface area contributed by atoms with Gasteiger partial charge in [-0.1, -0.05) is 24.3 Å². The lowest BCUT2D eigenvalue weighted by atomic mass is 9.93. The first kappa shape index (κ1) is 38.2. The summed E-state index contributed by atoms with van der Waals surface area (Å²) < 4.78 is 51.2. The van der Waals surface area contributed by atoms with Crippen molar-refractivity contribution in [1.82, 2.24) is 29.3 Å². The molecule has 0 aliphatic carbocycles. The molecule has 6 aromatic rings. The molecule has 8 rings (SSSR count). The van der Waals surface area contributed by atoms with Gasteiger partial charge in [-0.05, 0) is 85.3 Å². The average molecular weight is 781 g/mol. The molecule has 3 N–H and O–H groups in total. The summed E-state index contributed by atoms with van der Waals surface area (Å²) in [6, 6.07) is 15.5. The number of halogens is 3. The Morgan fingerprint density at radius 3 is 2.44 bits per heavy atom. The van der Waals surface area contributed by atoms with E-state index in [0.717, 1.165) is 63.6 Å². The van der Waals surface area contributed by atoms with E-state index in [9.17, 15) is 28.2 Å². The van der Waals surface area contributed by atoms with E-state index in [1.54, 1.807) is 12.3 Å². The van der Waals surface area contributed by atoms with Crippen LogP contribution in [0.25, 0.3) is 44.6 Å². The predicted octanol–water partition coefficient (Wildman–Crippen LogP) is 6.79. The predicted molar refractivity (Wildman–Crippen MR) is 210 cm³/mol. The van der Waals surface area contributed by atoms with Crippen LogP contribution in [0.5, 0.6) is 0 Å². The lowest BCUT2D eigenvalue weighted by molar-refractivity contribution is -0.141. The number of pyridine rings is 3. The van der Waals surface area contributed by atoms with Gasteiger partial charge in [-0.15, -0.1) is 0 Å². The highest BCUT2D eigenvalue weighted by Gasteiger charge is 2.37. The second-order valence-electron chi connectivity index (χ2n) is 14.9. The number of carboxylic acids is 1. The van der Waals surface area contributed by atoms with Crippen molar-refractivity contribution in [3.05, 3.63) is 94.9 Å². The first-order valence-electron chi connectivity index (χ1n) is 19.0. The fourth-order valence-electron chi connectivity index (χ4n) is 8.12. The van der Waals surface area contributed by atoms with Gasteiger partial charge in [-0.25, -0.2) is 9.97 Å².